The number of hydrazine groups is 1. The van der Waals surface area contributed by atoms with Crippen molar-refractivity contribution in [3.05, 3.63) is 64.1 Å². The first kappa shape index (κ1) is 19.7. The van der Waals surface area contributed by atoms with E-state index in [0.29, 0.717) is 5.39 Å². The SMILES string of the molecule is COc1ccc(C(=O)NNC(=O)c2n[nH]c(=O)c3ccccc23)cc1OC(F)F. The van der Waals surface area contributed by atoms with Gasteiger partial charge in [0, 0.05) is 10.9 Å². The third-order valence-electron chi connectivity index (χ3n) is 3.84. The number of carbonyl (C=O) groups excluding carboxylic acids is 2. The predicted molar refractivity (Wildman–Crippen MR) is 96.9 cm³/mol. The molecule has 150 valence electrons. The average molecular weight is 404 g/mol. The van der Waals surface area contributed by atoms with E-state index in [1.54, 1.807) is 12.1 Å². The van der Waals surface area contributed by atoms with Crippen molar-refractivity contribution in [3.63, 3.8) is 0 Å². The number of hydrogen-bond donors (Lipinski definition) is 3. The highest BCUT2D eigenvalue weighted by Gasteiger charge is 2.17. The summed E-state index contributed by atoms with van der Waals surface area (Å²) in [5, 5.41) is 6.45. The third kappa shape index (κ3) is 4.29. The summed E-state index contributed by atoms with van der Waals surface area (Å²) in [5.74, 6) is -1.92. The standard InChI is InChI=1S/C18H14F2N4O5/c1-28-12-7-6-9(8-13(12)29-18(19)20)15(25)22-24-17(27)14-10-4-2-3-5-11(10)16(26)23-21-14/h2-8,18H,1H3,(H,22,25)(H,23,26)(H,24,27). The second-order valence-electron chi connectivity index (χ2n) is 5.60. The maximum absolute atomic E-state index is 12.5. The van der Waals surface area contributed by atoms with Crippen LogP contribution in [0.25, 0.3) is 10.8 Å². The third-order valence-corrected chi connectivity index (χ3v) is 3.84. The lowest BCUT2D eigenvalue weighted by Crippen LogP contribution is -2.42. The first-order valence-corrected chi connectivity index (χ1v) is 8.11. The van der Waals surface area contributed by atoms with Crippen LogP contribution in [0.4, 0.5) is 8.78 Å². The van der Waals surface area contributed by atoms with Gasteiger partial charge in [0.05, 0.1) is 12.5 Å². The molecule has 2 aromatic carbocycles. The van der Waals surface area contributed by atoms with E-state index in [-0.39, 0.29) is 28.1 Å². The van der Waals surface area contributed by atoms with Crippen molar-refractivity contribution in [2.24, 2.45) is 0 Å². The minimum atomic E-state index is -3.11. The molecule has 1 heterocycles. The van der Waals surface area contributed by atoms with Crippen molar-refractivity contribution >= 4 is 22.6 Å². The normalized spacial score (nSPS) is 10.6. The van der Waals surface area contributed by atoms with Gasteiger partial charge in [0.2, 0.25) is 0 Å². The van der Waals surface area contributed by atoms with E-state index in [1.807, 2.05) is 0 Å². The summed E-state index contributed by atoms with van der Waals surface area (Å²) in [6.07, 6.45) is 0. The summed E-state index contributed by atoms with van der Waals surface area (Å²) >= 11 is 0. The molecular formula is C18H14F2N4O5. The zero-order valence-corrected chi connectivity index (χ0v) is 14.9. The van der Waals surface area contributed by atoms with Gasteiger partial charge in [-0.3, -0.25) is 25.2 Å². The van der Waals surface area contributed by atoms with Gasteiger partial charge in [0.1, 0.15) is 0 Å². The van der Waals surface area contributed by atoms with Crippen molar-refractivity contribution in [1.82, 2.24) is 21.0 Å². The Labute approximate surface area is 161 Å². The number of methoxy groups -OCH3 is 1. The molecule has 3 aromatic rings. The van der Waals surface area contributed by atoms with E-state index in [4.69, 9.17) is 4.74 Å². The Hall–Kier alpha value is -4.02. The Morgan fingerprint density at radius 1 is 1.03 bits per heavy atom. The molecule has 3 rings (SSSR count). The van der Waals surface area contributed by atoms with E-state index in [1.165, 1.54) is 31.4 Å². The lowest BCUT2D eigenvalue weighted by Gasteiger charge is -2.12. The molecule has 0 radical (unpaired) electrons. The van der Waals surface area contributed by atoms with Crippen LogP contribution in [-0.4, -0.2) is 35.7 Å². The summed E-state index contributed by atoms with van der Waals surface area (Å²) in [5.41, 5.74) is 3.65. The van der Waals surface area contributed by atoms with Gasteiger partial charge in [-0.15, -0.1) is 0 Å². The van der Waals surface area contributed by atoms with Crippen LogP contribution in [0.3, 0.4) is 0 Å². The Morgan fingerprint density at radius 3 is 2.41 bits per heavy atom. The van der Waals surface area contributed by atoms with Crippen LogP contribution < -0.4 is 25.9 Å². The molecule has 29 heavy (non-hydrogen) atoms. The first-order valence-electron chi connectivity index (χ1n) is 8.11. The number of aromatic nitrogens is 2. The number of benzene rings is 2. The fourth-order valence-corrected chi connectivity index (χ4v) is 2.54. The van der Waals surface area contributed by atoms with Crippen LogP contribution >= 0.6 is 0 Å². The maximum atomic E-state index is 12.5. The molecule has 0 atom stereocenters. The summed E-state index contributed by atoms with van der Waals surface area (Å²) < 4.78 is 34.2. The molecule has 0 bridgehead atoms. The number of ether oxygens (including phenoxy) is 2. The lowest BCUT2D eigenvalue weighted by atomic mass is 10.1. The highest BCUT2D eigenvalue weighted by molar-refractivity contribution is 6.06. The Morgan fingerprint density at radius 2 is 1.72 bits per heavy atom. The quantitative estimate of drug-likeness (QED) is 0.556. The Kier molecular flexibility index (Phi) is 5.67. The summed E-state index contributed by atoms with van der Waals surface area (Å²) in [6.45, 7) is -3.11. The molecular weight excluding hydrogens is 390 g/mol. The molecule has 0 unspecified atom stereocenters. The smallest absolute Gasteiger partial charge is 0.387 e. The number of aromatic amines is 1. The van der Waals surface area contributed by atoms with E-state index in [2.05, 4.69) is 25.8 Å². The first-order chi connectivity index (χ1) is 13.9. The second kappa shape index (κ2) is 8.33. The van der Waals surface area contributed by atoms with Crippen LogP contribution in [0.2, 0.25) is 0 Å². The van der Waals surface area contributed by atoms with Gasteiger partial charge < -0.3 is 9.47 Å². The molecule has 0 aliphatic heterocycles. The average Bonchev–Trinajstić information content (AvgIpc) is 2.71. The van der Waals surface area contributed by atoms with E-state index < -0.39 is 24.0 Å². The predicted octanol–water partition coefficient (Wildman–Crippen LogP) is 1.61. The Balaban J connectivity index is 1.77. The fraction of sp³-hybridized carbons (Fsp3) is 0.111. The highest BCUT2D eigenvalue weighted by atomic mass is 19.3. The second-order valence-corrected chi connectivity index (χ2v) is 5.60. The number of halogens is 2. The molecule has 2 amide bonds. The number of hydrogen-bond acceptors (Lipinski definition) is 6. The van der Waals surface area contributed by atoms with E-state index in [0.717, 1.165) is 6.07 Å². The number of fused-ring (bicyclic) bond motifs is 1. The van der Waals surface area contributed by atoms with Crippen molar-refractivity contribution in [1.29, 1.82) is 0 Å². The zero-order valence-electron chi connectivity index (χ0n) is 14.9. The molecule has 0 saturated heterocycles. The van der Waals surface area contributed by atoms with Crippen LogP contribution in [0.5, 0.6) is 11.5 Å². The monoisotopic (exact) mass is 404 g/mol. The molecule has 0 aliphatic carbocycles. The summed E-state index contributed by atoms with van der Waals surface area (Å²) in [7, 11) is 1.26. The number of nitrogens with zero attached hydrogens (tertiary/aromatic N) is 1. The zero-order chi connectivity index (χ0) is 21.0. The number of H-pyrrole nitrogens is 1. The summed E-state index contributed by atoms with van der Waals surface area (Å²) in [4.78, 5) is 36.4. The van der Waals surface area contributed by atoms with Gasteiger partial charge in [0.15, 0.2) is 17.2 Å². The molecule has 1 aromatic heterocycles. The molecule has 11 heteroatoms. The van der Waals surface area contributed by atoms with Gasteiger partial charge in [-0.1, -0.05) is 18.2 Å². The van der Waals surface area contributed by atoms with Crippen molar-refractivity contribution in [2.45, 2.75) is 6.61 Å². The number of carbonyl (C=O) groups is 2. The van der Waals surface area contributed by atoms with Gasteiger partial charge >= 0.3 is 6.61 Å². The molecule has 0 saturated carbocycles. The maximum Gasteiger partial charge on any atom is 0.387 e. The number of amides is 2. The molecule has 0 fully saturated rings. The van der Waals surface area contributed by atoms with Crippen molar-refractivity contribution in [2.75, 3.05) is 7.11 Å². The molecule has 0 spiro atoms. The van der Waals surface area contributed by atoms with Crippen LogP contribution in [0.15, 0.2) is 47.3 Å². The number of alkyl halides is 2. The molecule has 0 aliphatic rings. The van der Waals surface area contributed by atoms with Crippen LogP contribution in [0.1, 0.15) is 20.8 Å². The Bertz CT molecular complexity index is 1130. The van der Waals surface area contributed by atoms with Crippen molar-refractivity contribution < 1.29 is 27.8 Å². The van der Waals surface area contributed by atoms with Crippen molar-refractivity contribution in [3.8, 4) is 11.5 Å². The lowest BCUT2D eigenvalue weighted by molar-refractivity contribution is -0.0512. The number of nitrogens with one attached hydrogen (secondary N) is 3. The van der Waals surface area contributed by atoms with Gasteiger partial charge in [0.25, 0.3) is 17.4 Å². The number of rotatable bonds is 5. The van der Waals surface area contributed by atoms with Crippen LogP contribution in [-0.2, 0) is 0 Å². The van der Waals surface area contributed by atoms with Crippen LogP contribution in [0, 0.1) is 0 Å². The van der Waals surface area contributed by atoms with Gasteiger partial charge in [-0.2, -0.15) is 13.9 Å². The summed E-state index contributed by atoms with van der Waals surface area (Å²) in [6, 6.07) is 9.92. The largest absolute Gasteiger partial charge is 0.493 e. The minimum absolute atomic E-state index is 0.00907. The van der Waals surface area contributed by atoms with Gasteiger partial charge in [-0.05, 0) is 24.3 Å². The highest BCUT2D eigenvalue weighted by Crippen LogP contribution is 2.29. The van der Waals surface area contributed by atoms with E-state index in [9.17, 15) is 23.2 Å². The van der Waals surface area contributed by atoms with Gasteiger partial charge in [-0.25, -0.2) is 5.10 Å². The molecule has 9 nitrogen and oxygen atoms in total. The fourth-order valence-electron chi connectivity index (χ4n) is 2.54. The van der Waals surface area contributed by atoms with E-state index >= 15 is 0 Å². The topological polar surface area (TPSA) is 122 Å². The minimum Gasteiger partial charge on any atom is -0.493 e. The molecule has 3 N–H and O–H groups in total.